The molecule has 0 radical (unpaired) electrons. The minimum absolute atomic E-state index is 0.0196. The molecule has 31 heavy (non-hydrogen) atoms. The fraction of sp³-hybridized carbons (Fsp3) is 0.360. The van der Waals surface area contributed by atoms with Gasteiger partial charge in [-0.2, -0.15) is 0 Å². The van der Waals surface area contributed by atoms with Crippen LogP contribution in [0.15, 0.2) is 66.0 Å². The third-order valence-electron chi connectivity index (χ3n) is 7.07. The van der Waals surface area contributed by atoms with Crippen molar-refractivity contribution in [2.45, 2.75) is 36.8 Å². The highest BCUT2D eigenvalue weighted by atomic mass is 32.1. The number of thiazole rings is 1. The van der Waals surface area contributed by atoms with Crippen molar-refractivity contribution in [1.82, 2.24) is 15.2 Å². The van der Waals surface area contributed by atoms with Crippen LogP contribution in [0.3, 0.4) is 0 Å². The van der Waals surface area contributed by atoms with E-state index in [1.54, 1.807) is 11.3 Å². The zero-order chi connectivity index (χ0) is 21.5. The molecule has 2 aliphatic rings. The largest absolute Gasteiger partial charge is 0.330 e. The topological polar surface area (TPSA) is 48.5 Å². The van der Waals surface area contributed by atoms with Crippen LogP contribution in [0.25, 0.3) is 10.6 Å². The fourth-order valence-corrected chi connectivity index (χ4v) is 5.98. The normalized spacial score (nSPS) is 25.9. The first-order chi connectivity index (χ1) is 15.0. The lowest BCUT2D eigenvalue weighted by Gasteiger charge is -2.48. The second kappa shape index (κ2) is 7.77. The Morgan fingerprint density at radius 3 is 2.26 bits per heavy atom. The summed E-state index contributed by atoms with van der Waals surface area (Å²) in [5.74, 6) is 0.755. The van der Waals surface area contributed by atoms with Gasteiger partial charge in [0.15, 0.2) is 0 Å². The van der Waals surface area contributed by atoms with Crippen molar-refractivity contribution < 1.29 is 4.79 Å². The van der Waals surface area contributed by atoms with Gasteiger partial charge in [-0.1, -0.05) is 60.7 Å². The van der Waals surface area contributed by atoms with Crippen molar-refractivity contribution in [2.24, 2.45) is 0 Å². The van der Waals surface area contributed by atoms with Gasteiger partial charge >= 0.3 is 6.03 Å². The number of hydrogen-bond donors (Lipinski definition) is 1. The zero-order valence-corrected chi connectivity index (χ0v) is 18.9. The highest BCUT2D eigenvalue weighted by Gasteiger charge is 2.50. The van der Waals surface area contributed by atoms with E-state index >= 15 is 0 Å². The van der Waals surface area contributed by atoms with Crippen molar-refractivity contribution in [1.29, 1.82) is 0 Å². The van der Waals surface area contributed by atoms with Gasteiger partial charge in [0.05, 0.1) is 12.1 Å². The number of benzene rings is 2. The van der Waals surface area contributed by atoms with Crippen LogP contribution in [0, 0.1) is 0 Å². The molecule has 0 bridgehead atoms. The molecule has 5 rings (SSSR count). The van der Waals surface area contributed by atoms with Crippen molar-refractivity contribution in [3.63, 3.8) is 0 Å². The van der Waals surface area contributed by atoms with Gasteiger partial charge < -0.3 is 5.32 Å². The van der Waals surface area contributed by atoms with Crippen LogP contribution in [0.4, 0.5) is 10.6 Å². The summed E-state index contributed by atoms with van der Waals surface area (Å²) in [4.78, 5) is 21.9. The maximum Gasteiger partial charge on any atom is 0.323 e. The van der Waals surface area contributed by atoms with Gasteiger partial charge in [0, 0.05) is 16.5 Å². The highest BCUT2D eigenvalue weighted by Crippen LogP contribution is 2.46. The van der Waals surface area contributed by atoms with Crippen LogP contribution in [0.5, 0.6) is 0 Å². The molecule has 2 amide bonds. The second-order valence-electron chi connectivity index (χ2n) is 8.97. The van der Waals surface area contributed by atoms with E-state index < -0.39 is 0 Å². The van der Waals surface area contributed by atoms with Crippen LogP contribution in [-0.4, -0.2) is 42.1 Å². The third-order valence-corrected chi connectivity index (χ3v) is 7.95. The summed E-state index contributed by atoms with van der Waals surface area (Å²) in [6.45, 7) is 0.683. The molecular formula is C25H28N4OS. The summed E-state index contributed by atoms with van der Waals surface area (Å²) in [6, 6.07) is 20.9. The summed E-state index contributed by atoms with van der Waals surface area (Å²) >= 11 is 1.59. The highest BCUT2D eigenvalue weighted by molar-refractivity contribution is 7.13. The van der Waals surface area contributed by atoms with Gasteiger partial charge in [-0.05, 0) is 45.3 Å². The molecule has 1 aromatic heterocycles. The summed E-state index contributed by atoms with van der Waals surface area (Å²) in [6.07, 6.45) is 3.95. The number of rotatable bonds is 4. The molecule has 3 aromatic rings. The van der Waals surface area contributed by atoms with Crippen LogP contribution in [0.1, 0.15) is 31.2 Å². The molecule has 160 valence electrons. The Labute approximate surface area is 187 Å². The van der Waals surface area contributed by atoms with Gasteiger partial charge in [0.25, 0.3) is 0 Å². The van der Waals surface area contributed by atoms with Crippen molar-refractivity contribution in [2.75, 3.05) is 25.5 Å². The standard InChI is InChI=1S/C25H28N4OS/c1-28(2)25(20-11-7-4-8-12-20)15-13-24(14-16-25)18-29(23(30)27-24)21-17-31-22(26-21)19-9-5-3-6-10-19/h3-12,17H,13-16,18H2,1-2H3,(H,27,30). The lowest BCUT2D eigenvalue weighted by molar-refractivity contribution is 0.0657. The van der Waals surface area contributed by atoms with Gasteiger partial charge in [-0.25, -0.2) is 9.78 Å². The Morgan fingerprint density at radius 1 is 0.968 bits per heavy atom. The molecule has 1 N–H and O–H groups in total. The number of urea groups is 1. The summed E-state index contributed by atoms with van der Waals surface area (Å²) in [7, 11) is 4.34. The van der Waals surface area contributed by atoms with Crippen LogP contribution in [-0.2, 0) is 5.54 Å². The molecule has 2 heterocycles. The number of carbonyl (C=O) groups excluding carboxylic acids is 1. The van der Waals surface area contributed by atoms with Crippen molar-refractivity contribution >= 4 is 23.2 Å². The third kappa shape index (κ3) is 3.54. The predicted octanol–water partition coefficient (Wildman–Crippen LogP) is 5.11. The number of anilines is 1. The minimum Gasteiger partial charge on any atom is -0.330 e. The molecule has 1 aliphatic carbocycles. The number of aromatic nitrogens is 1. The Kier molecular flexibility index (Phi) is 5.07. The Balaban J connectivity index is 1.34. The average Bonchev–Trinajstić information content (AvgIpc) is 3.40. The lowest BCUT2D eigenvalue weighted by Crippen LogP contribution is -2.54. The number of nitrogens with zero attached hydrogens (tertiary/aromatic N) is 3. The van der Waals surface area contributed by atoms with E-state index in [0.29, 0.717) is 6.54 Å². The molecule has 1 aliphatic heterocycles. The summed E-state index contributed by atoms with van der Waals surface area (Å²) in [5.41, 5.74) is 2.29. The quantitative estimate of drug-likeness (QED) is 0.623. The van der Waals surface area contributed by atoms with Gasteiger partial charge in [-0.3, -0.25) is 9.80 Å². The SMILES string of the molecule is CN(C)C1(c2ccccc2)CCC2(CC1)CN(c1csc(-c3ccccc3)n1)C(=O)N2. The fourth-order valence-electron chi connectivity index (χ4n) is 5.16. The average molecular weight is 433 g/mol. The molecule has 0 unspecified atom stereocenters. The number of amides is 2. The first kappa shape index (κ1) is 20.2. The number of nitrogens with one attached hydrogen (secondary N) is 1. The van der Waals surface area contributed by atoms with E-state index in [1.165, 1.54) is 5.56 Å². The van der Waals surface area contributed by atoms with Crippen LogP contribution < -0.4 is 10.2 Å². The first-order valence-electron chi connectivity index (χ1n) is 10.9. The Morgan fingerprint density at radius 2 is 1.61 bits per heavy atom. The van der Waals surface area contributed by atoms with E-state index in [9.17, 15) is 4.79 Å². The van der Waals surface area contributed by atoms with Gasteiger partial charge in [-0.15, -0.1) is 11.3 Å². The Hall–Kier alpha value is -2.70. The molecule has 6 heteroatoms. The second-order valence-corrected chi connectivity index (χ2v) is 9.82. The van der Waals surface area contributed by atoms with Gasteiger partial charge in [0.2, 0.25) is 0 Å². The molecule has 0 atom stereocenters. The van der Waals surface area contributed by atoms with E-state index in [1.807, 2.05) is 28.5 Å². The predicted molar refractivity (Wildman–Crippen MR) is 126 cm³/mol. The lowest BCUT2D eigenvalue weighted by atomic mass is 9.69. The smallest absolute Gasteiger partial charge is 0.323 e. The monoisotopic (exact) mass is 432 g/mol. The van der Waals surface area contributed by atoms with Crippen molar-refractivity contribution in [3.05, 3.63) is 71.6 Å². The van der Waals surface area contributed by atoms with E-state index in [4.69, 9.17) is 4.98 Å². The molecule has 1 spiro atoms. The van der Waals surface area contributed by atoms with E-state index in [2.05, 4.69) is 66.8 Å². The maximum atomic E-state index is 12.9. The van der Waals surface area contributed by atoms with Crippen LogP contribution >= 0.6 is 11.3 Å². The number of carbonyl (C=O) groups is 1. The zero-order valence-electron chi connectivity index (χ0n) is 18.0. The van der Waals surface area contributed by atoms with Crippen LogP contribution in [0.2, 0.25) is 0 Å². The molecule has 5 nitrogen and oxygen atoms in total. The molecule has 1 saturated carbocycles. The van der Waals surface area contributed by atoms with E-state index in [-0.39, 0.29) is 17.1 Å². The maximum absolute atomic E-state index is 12.9. The van der Waals surface area contributed by atoms with E-state index in [0.717, 1.165) is 42.1 Å². The number of hydrogen-bond acceptors (Lipinski definition) is 4. The first-order valence-corrected chi connectivity index (χ1v) is 11.7. The molecular weight excluding hydrogens is 404 g/mol. The Bertz CT molecular complexity index is 1060. The van der Waals surface area contributed by atoms with Gasteiger partial charge in [0.1, 0.15) is 10.8 Å². The molecule has 2 fully saturated rings. The molecule has 2 aromatic carbocycles. The summed E-state index contributed by atoms with van der Waals surface area (Å²) < 4.78 is 0. The molecule has 1 saturated heterocycles. The minimum atomic E-state index is -0.179. The summed E-state index contributed by atoms with van der Waals surface area (Å²) in [5, 5.41) is 6.27. The van der Waals surface area contributed by atoms with Crippen molar-refractivity contribution in [3.8, 4) is 10.6 Å².